The third kappa shape index (κ3) is 4.08. The van der Waals surface area contributed by atoms with Crippen LogP contribution in [0.15, 0.2) is 72.8 Å². The van der Waals surface area contributed by atoms with Gasteiger partial charge in [0.15, 0.2) is 23.1 Å². The lowest BCUT2D eigenvalue weighted by Gasteiger charge is -2.26. The van der Waals surface area contributed by atoms with Gasteiger partial charge in [-0.2, -0.15) is 0 Å². The third-order valence-corrected chi connectivity index (χ3v) is 6.86. The Labute approximate surface area is 222 Å². The van der Waals surface area contributed by atoms with Crippen LogP contribution in [0.2, 0.25) is 0 Å². The van der Waals surface area contributed by atoms with Gasteiger partial charge in [-0.3, -0.25) is 9.59 Å². The first-order valence-corrected chi connectivity index (χ1v) is 12.7. The summed E-state index contributed by atoms with van der Waals surface area (Å²) in [6.45, 7) is 8.23. The molecule has 6 heteroatoms. The molecule has 0 saturated carbocycles. The average Bonchev–Trinajstić information content (AvgIpc) is 2.91. The van der Waals surface area contributed by atoms with Gasteiger partial charge in [0.1, 0.15) is 11.5 Å². The zero-order valence-electron chi connectivity index (χ0n) is 21.9. The summed E-state index contributed by atoms with van der Waals surface area (Å²) in [4.78, 5) is 27.3. The number of hydrogen-bond donors (Lipinski definition) is 2. The molecule has 0 aliphatic heterocycles. The van der Waals surface area contributed by atoms with Crippen LogP contribution in [0.1, 0.15) is 82.5 Å². The molecule has 0 bridgehead atoms. The number of ketones is 2. The molecule has 6 nitrogen and oxygen atoms in total. The largest absolute Gasteiger partial charge is 0.451 e. The molecule has 4 aromatic carbocycles. The lowest BCUT2D eigenvalue weighted by Crippen LogP contribution is -2.24. The maximum atomic E-state index is 13.6. The predicted octanol–water partition coefficient (Wildman–Crippen LogP) is 7.46. The Morgan fingerprint density at radius 3 is 1.26 bits per heavy atom. The zero-order valence-corrected chi connectivity index (χ0v) is 21.9. The number of benzene rings is 4. The molecule has 0 heterocycles. The monoisotopic (exact) mass is 506 g/mol. The van der Waals surface area contributed by atoms with E-state index in [2.05, 4.69) is 27.7 Å². The summed E-state index contributed by atoms with van der Waals surface area (Å²) in [5.41, 5.74) is 15.9. The summed E-state index contributed by atoms with van der Waals surface area (Å²) >= 11 is 0. The molecule has 0 amide bonds. The van der Waals surface area contributed by atoms with Gasteiger partial charge in [0.25, 0.3) is 0 Å². The van der Waals surface area contributed by atoms with Crippen LogP contribution < -0.4 is 20.9 Å². The maximum Gasteiger partial charge on any atom is 0.196 e. The van der Waals surface area contributed by atoms with Crippen molar-refractivity contribution < 1.29 is 19.1 Å². The molecule has 5 rings (SSSR count). The highest BCUT2D eigenvalue weighted by Gasteiger charge is 2.37. The molecular formula is C32H30N2O4. The quantitative estimate of drug-likeness (QED) is 0.232. The fourth-order valence-electron chi connectivity index (χ4n) is 4.88. The molecule has 4 aromatic rings. The number of nitrogen functional groups attached to an aromatic ring is 2. The van der Waals surface area contributed by atoms with E-state index >= 15 is 0 Å². The second-order valence-electron chi connectivity index (χ2n) is 10.0. The van der Waals surface area contributed by atoms with Gasteiger partial charge < -0.3 is 20.9 Å². The molecule has 4 N–H and O–H groups in total. The number of fused-ring (bicyclic) bond motifs is 2. The summed E-state index contributed by atoms with van der Waals surface area (Å²) < 4.78 is 12.9. The van der Waals surface area contributed by atoms with E-state index < -0.39 is 0 Å². The number of nitrogens with two attached hydrogens (primary N) is 2. The second-order valence-corrected chi connectivity index (χ2v) is 10.0. The van der Waals surface area contributed by atoms with E-state index in [1.807, 2.05) is 48.5 Å². The first-order chi connectivity index (χ1) is 18.2. The highest BCUT2D eigenvalue weighted by atomic mass is 16.5. The van der Waals surface area contributed by atoms with Gasteiger partial charge in [0.2, 0.25) is 0 Å². The number of ether oxygens (including phenoxy) is 2. The van der Waals surface area contributed by atoms with Gasteiger partial charge in [-0.15, -0.1) is 0 Å². The van der Waals surface area contributed by atoms with Crippen molar-refractivity contribution in [3.05, 3.63) is 106 Å². The smallest absolute Gasteiger partial charge is 0.196 e. The van der Waals surface area contributed by atoms with Crippen molar-refractivity contribution in [3.8, 4) is 23.0 Å². The molecule has 0 aromatic heterocycles. The van der Waals surface area contributed by atoms with E-state index in [-0.39, 0.29) is 68.5 Å². The highest BCUT2D eigenvalue weighted by molar-refractivity contribution is 6.32. The molecule has 0 spiro atoms. The molecule has 0 fully saturated rings. The Kier molecular flexibility index (Phi) is 6.41. The number of hydrogen-bond acceptors (Lipinski definition) is 6. The van der Waals surface area contributed by atoms with Crippen molar-refractivity contribution in [2.24, 2.45) is 0 Å². The van der Waals surface area contributed by atoms with E-state index in [0.29, 0.717) is 11.5 Å². The molecule has 0 saturated heterocycles. The summed E-state index contributed by atoms with van der Waals surface area (Å²) in [7, 11) is 0. The fourth-order valence-corrected chi connectivity index (χ4v) is 4.88. The van der Waals surface area contributed by atoms with Crippen molar-refractivity contribution in [1.82, 2.24) is 0 Å². The summed E-state index contributed by atoms with van der Waals surface area (Å²) in [6.07, 6.45) is 0. The van der Waals surface area contributed by atoms with Crippen LogP contribution in [-0.2, 0) is 0 Å². The first-order valence-electron chi connectivity index (χ1n) is 12.7. The average molecular weight is 507 g/mol. The van der Waals surface area contributed by atoms with E-state index in [0.717, 1.165) is 11.1 Å². The van der Waals surface area contributed by atoms with Crippen molar-refractivity contribution in [1.29, 1.82) is 0 Å². The van der Waals surface area contributed by atoms with Crippen LogP contribution in [0.5, 0.6) is 23.0 Å². The lowest BCUT2D eigenvalue weighted by atomic mass is 9.82. The van der Waals surface area contributed by atoms with Crippen molar-refractivity contribution >= 4 is 22.9 Å². The van der Waals surface area contributed by atoms with Crippen LogP contribution in [0.25, 0.3) is 0 Å². The maximum absolute atomic E-state index is 13.6. The Morgan fingerprint density at radius 1 is 0.553 bits per heavy atom. The normalized spacial score (nSPS) is 12.5. The standard InChI is InChI=1S/C32H30N2O4/c1-17(2)19-11-7-9-15-23(19)37-31-27(33)25-26(30(36)22-14-6-5-13-21(22)29(25)35)28(34)32(31)38-24-16-10-8-12-20(24)18(3)4/h5-18H,33-34H2,1-4H3. The molecule has 1 aliphatic carbocycles. The molecule has 0 atom stereocenters. The molecule has 1 aliphatic rings. The van der Waals surface area contributed by atoms with E-state index in [4.69, 9.17) is 20.9 Å². The molecule has 38 heavy (non-hydrogen) atoms. The van der Waals surface area contributed by atoms with E-state index in [9.17, 15) is 9.59 Å². The number of carbonyl (C=O) groups excluding carboxylic acids is 2. The second kappa shape index (κ2) is 9.71. The molecule has 192 valence electrons. The topological polar surface area (TPSA) is 105 Å². The van der Waals surface area contributed by atoms with Crippen LogP contribution in [0.4, 0.5) is 11.4 Å². The van der Waals surface area contributed by atoms with E-state index in [1.165, 1.54) is 0 Å². The number of rotatable bonds is 6. The third-order valence-electron chi connectivity index (χ3n) is 6.86. The minimum absolute atomic E-state index is 0.0117. The van der Waals surface area contributed by atoms with Crippen LogP contribution in [-0.4, -0.2) is 11.6 Å². The Bertz CT molecular complexity index is 1470. The zero-order chi connectivity index (χ0) is 27.1. The van der Waals surface area contributed by atoms with E-state index in [1.54, 1.807) is 24.3 Å². The van der Waals surface area contributed by atoms with Gasteiger partial charge in [-0.1, -0.05) is 88.4 Å². The van der Waals surface area contributed by atoms with Gasteiger partial charge in [-0.25, -0.2) is 0 Å². The number of anilines is 2. The summed E-state index contributed by atoms with van der Waals surface area (Å²) in [5, 5.41) is 0. The highest BCUT2D eigenvalue weighted by Crippen LogP contribution is 2.51. The molecule has 0 unspecified atom stereocenters. The van der Waals surface area contributed by atoms with Gasteiger partial charge in [0.05, 0.1) is 22.5 Å². The van der Waals surface area contributed by atoms with Gasteiger partial charge in [-0.05, 0) is 35.1 Å². The van der Waals surface area contributed by atoms with Crippen LogP contribution in [0.3, 0.4) is 0 Å². The fraction of sp³-hybridized carbons (Fsp3) is 0.188. The summed E-state index contributed by atoms with van der Waals surface area (Å²) in [5.74, 6) is 0.885. The SMILES string of the molecule is CC(C)c1ccccc1Oc1c(N)c2c(c(N)c1Oc1ccccc1C(C)C)C(=O)c1ccccc1C2=O. The number of para-hydroxylation sites is 2. The van der Waals surface area contributed by atoms with Crippen molar-refractivity contribution in [2.45, 2.75) is 39.5 Å². The Balaban J connectivity index is 1.78. The van der Waals surface area contributed by atoms with Crippen LogP contribution >= 0.6 is 0 Å². The van der Waals surface area contributed by atoms with Crippen molar-refractivity contribution in [3.63, 3.8) is 0 Å². The van der Waals surface area contributed by atoms with Gasteiger partial charge >= 0.3 is 0 Å². The minimum atomic E-state index is -0.379. The van der Waals surface area contributed by atoms with Gasteiger partial charge in [0, 0.05) is 11.1 Å². The Morgan fingerprint density at radius 2 is 0.895 bits per heavy atom. The predicted molar refractivity (Wildman–Crippen MR) is 150 cm³/mol. The van der Waals surface area contributed by atoms with Crippen molar-refractivity contribution in [2.75, 3.05) is 11.5 Å². The minimum Gasteiger partial charge on any atom is -0.451 e. The molecule has 0 radical (unpaired) electrons. The summed E-state index contributed by atoms with van der Waals surface area (Å²) in [6, 6.07) is 21.8. The lowest BCUT2D eigenvalue weighted by molar-refractivity contribution is 0.0980. The number of carbonyl (C=O) groups is 2. The van der Waals surface area contributed by atoms with Crippen LogP contribution in [0, 0.1) is 0 Å². The Hall–Kier alpha value is -4.58. The molecular weight excluding hydrogens is 476 g/mol. The first kappa shape index (κ1) is 25.1.